The summed E-state index contributed by atoms with van der Waals surface area (Å²) in [5.41, 5.74) is 3.13. The van der Waals surface area contributed by atoms with Gasteiger partial charge in [-0.1, -0.05) is 23.7 Å². The summed E-state index contributed by atoms with van der Waals surface area (Å²) < 4.78 is 40.8. The quantitative estimate of drug-likeness (QED) is 0.334. The van der Waals surface area contributed by atoms with Crippen LogP contribution in [0.15, 0.2) is 60.8 Å². The number of ether oxygens (including phenoxy) is 2. The van der Waals surface area contributed by atoms with Crippen molar-refractivity contribution in [2.75, 3.05) is 0 Å². The van der Waals surface area contributed by atoms with E-state index in [2.05, 4.69) is 20.7 Å². The average molecular weight is 540 g/mol. The summed E-state index contributed by atoms with van der Waals surface area (Å²) in [4.78, 5) is 17.3. The first-order valence-electron chi connectivity index (χ1n) is 11.8. The fraction of sp³-hybridized carbons (Fsp3) is 0.222. The Labute approximate surface area is 222 Å². The number of nitrogens with zero attached hydrogens (tertiary/aromatic N) is 3. The number of fused-ring (bicyclic) bond motifs is 1. The molecular weight excluding hydrogens is 516 g/mol. The van der Waals surface area contributed by atoms with Gasteiger partial charge in [-0.05, 0) is 50.6 Å². The van der Waals surface area contributed by atoms with Gasteiger partial charge in [-0.2, -0.15) is 5.10 Å². The van der Waals surface area contributed by atoms with Gasteiger partial charge in [0.25, 0.3) is 5.91 Å². The minimum Gasteiger partial charge on any atom is -0.487 e. The Morgan fingerprint density at radius 2 is 2.11 bits per heavy atom. The molecule has 0 fully saturated rings. The summed E-state index contributed by atoms with van der Waals surface area (Å²) in [5, 5.41) is 10.7. The molecule has 0 spiro atoms. The van der Waals surface area contributed by atoms with Gasteiger partial charge in [-0.25, -0.2) is 18.4 Å². The van der Waals surface area contributed by atoms with Crippen LogP contribution >= 0.6 is 11.6 Å². The van der Waals surface area contributed by atoms with Gasteiger partial charge in [0.05, 0.1) is 29.1 Å². The van der Waals surface area contributed by atoms with Crippen LogP contribution in [0.5, 0.6) is 5.75 Å². The number of carbonyl (C=O) groups is 1. The van der Waals surface area contributed by atoms with Crippen LogP contribution in [0.25, 0.3) is 16.6 Å². The number of benzene rings is 2. The number of hydrogen-bond acceptors (Lipinski definition) is 6. The van der Waals surface area contributed by atoms with E-state index in [4.69, 9.17) is 21.1 Å². The smallest absolute Gasteiger partial charge is 0.271 e. The van der Waals surface area contributed by atoms with Crippen LogP contribution in [0.3, 0.4) is 0 Å². The van der Waals surface area contributed by atoms with Crippen molar-refractivity contribution in [2.45, 2.75) is 39.6 Å². The standard InChI is InChI=1S/C27H24ClF2N5O3/c1-14-7-24(35-11-18(30)10-31-35)19-5-4-6-25(26(19)32-14)38-12-21-20(8-17(29)9-22(21)28)15(2)33-27(36)23-13-37-16(3)34-23/h4-11,13,15-16,34H,12H2,1-3H3,(H,33,36)/t15-,16?/m0/s1. The second-order valence-corrected chi connectivity index (χ2v) is 9.34. The number of hydrogen-bond donors (Lipinski definition) is 2. The third-order valence-corrected chi connectivity index (χ3v) is 6.42. The fourth-order valence-electron chi connectivity index (χ4n) is 4.31. The van der Waals surface area contributed by atoms with Gasteiger partial charge in [0.1, 0.15) is 35.6 Å². The number of amides is 1. The van der Waals surface area contributed by atoms with Gasteiger partial charge in [-0.15, -0.1) is 0 Å². The van der Waals surface area contributed by atoms with Gasteiger partial charge in [-0.3, -0.25) is 4.79 Å². The van der Waals surface area contributed by atoms with E-state index < -0.39 is 23.6 Å². The molecule has 1 unspecified atom stereocenters. The van der Waals surface area contributed by atoms with Gasteiger partial charge in [0.15, 0.2) is 12.0 Å². The molecule has 4 aromatic rings. The third-order valence-electron chi connectivity index (χ3n) is 6.08. The Hall–Kier alpha value is -4.18. The molecule has 11 heteroatoms. The number of carbonyl (C=O) groups excluding carboxylic acids is 1. The molecule has 2 atom stereocenters. The van der Waals surface area contributed by atoms with Gasteiger partial charge >= 0.3 is 0 Å². The molecule has 1 aliphatic rings. The topological polar surface area (TPSA) is 90.3 Å². The van der Waals surface area contributed by atoms with Crippen molar-refractivity contribution < 1.29 is 23.0 Å². The van der Waals surface area contributed by atoms with Crippen molar-refractivity contribution in [3.63, 3.8) is 0 Å². The zero-order valence-corrected chi connectivity index (χ0v) is 21.5. The molecule has 0 saturated heterocycles. The maximum atomic E-state index is 14.4. The minimum absolute atomic E-state index is 0.0176. The maximum Gasteiger partial charge on any atom is 0.271 e. The molecule has 0 bridgehead atoms. The zero-order chi connectivity index (χ0) is 27.0. The molecular formula is C27H24ClF2N5O3. The molecule has 0 saturated carbocycles. The summed E-state index contributed by atoms with van der Waals surface area (Å²) in [6.07, 6.45) is 3.44. The van der Waals surface area contributed by atoms with Crippen molar-refractivity contribution in [1.29, 1.82) is 0 Å². The van der Waals surface area contributed by atoms with Crippen LogP contribution in [0.4, 0.5) is 8.78 Å². The van der Waals surface area contributed by atoms with Crippen LogP contribution in [-0.2, 0) is 16.1 Å². The Morgan fingerprint density at radius 3 is 2.82 bits per heavy atom. The molecule has 2 aromatic carbocycles. The number of halogens is 3. The van der Waals surface area contributed by atoms with Crippen LogP contribution in [0.1, 0.15) is 36.7 Å². The lowest BCUT2D eigenvalue weighted by Gasteiger charge is -2.20. The molecule has 8 nitrogen and oxygen atoms in total. The monoisotopic (exact) mass is 539 g/mol. The predicted octanol–water partition coefficient (Wildman–Crippen LogP) is 5.22. The van der Waals surface area contributed by atoms with Crippen molar-refractivity contribution in [2.24, 2.45) is 0 Å². The van der Waals surface area contributed by atoms with E-state index in [-0.39, 0.29) is 23.6 Å². The van der Waals surface area contributed by atoms with E-state index >= 15 is 0 Å². The zero-order valence-electron chi connectivity index (χ0n) is 20.8. The second kappa shape index (κ2) is 10.3. The van der Waals surface area contributed by atoms with Gasteiger partial charge in [0.2, 0.25) is 0 Å². The first-order valence-corrected chi connectivity index (χ1v) is 12.2. The maximum absolute atomic E-state index is 14.4. The summed E-state index contributed by atoms with van der Waals surface area (Å²) in [6.45, 7) is 5.29. The molecule has 0 aliphatic carbocycles. The van der Waals surface area contributed by atoms with Crippen molar-refractivity contribution >= 4 is 28.4 Å². The molecule has 5 rings (SSSR count). The largest absolute Gasteiger partial charge is 0.487 e. The fourth-order valence-corrected chi connectivity index (χ4v) is 4.58. The van der Waals surface area contributed by atoms with E-state index in [1.807, 2.05) is 13.0 Å². The summed E-state index contributed by atoms with van der Waals surface area (Å²) >= 11 is 6.44. The number of rotatable bonds is 7. The highest BCUT2D eigenvalue weighted by atomic mass is 35.5. The highest BCUT2D eigenvalue weighted by Gasteiger charge is 2.23. The first kappa shape index (κ1) is 25.5. The van der Waals surface area contributed by atoms with Crippen LogP contribution < -0.4 is 15.4 Å². The molecule has 3 heterocycles. The van der Waals surface area contributed by atoms with E-state index in [9.17, 15) is 13.6 Å². The molecule has 1 aliphatic heterocycles. The summed E-state index contributed by atoms with van der Waals surface area (Å²) in [5.74, 6) is -0.940. The van der Waals surface area contributed by atoms with Crippen LogP contribution in [-0.4, -0.2) is 26.9 Å². The summed E-state index contributed by atoms with van der Waals surface area (Å²) in [6, 6.07) is 9.11. The second-order valence-electron chi connectivity index (χ2n) is 8.93. The highest BCUT2D eigenvalue weighted by molar-refractivity contribution is 6.31. The number of pyridine rings is 1. The van der Waals surface area contributed by atoms with E-state index in [1.54, 1.807) is 32.0 Å². The van der Waals surface area contributed by atoms with Crippen LogP contribution in [0, 0.1) is 18.6 Å². The van der Waals surface area contributed by atoms with Crippen LogP contribution in [0.2, 0.25) is 5.02 Å². The lowest BCUT2D eigenvalue weighted by Crippen LogP contribution is -2.34. The average Bonchev–Trinajstić information content (AvgIpc) is 3.50. The number of para-hydroxylation sites is 1. The van der Waals surface area contributed by atoms with Gasteiger partial charge in [0, 0.05) is 16.6 Å². The molecule has 2 aromatic heterocycles. The molecule has 2 N–H and O–H groups in total. The first-order chi connectivity index (χ1) is 18.2. The van der Waals surface area contributed by atoms with Crippen molar-refractivity contribution in [3.8, 4) is 11.4 Å². The molecule has 196 valence electrons. The molecule has 1 amide bonds. The lowest BCUT2D eigenvalue weighted by molar-refractivity contribution is -0.118. The number of aromatic nitrogens is 3. The van der Waals surface area contributed by atoms with Gasteiger partial charge < -0.3 is 20.1 Å². The third kappa shape index (κ3) is 5.12. The Kier molecular flexibility index (Phi) is 6.90. The molecule has 38 heavy (non-hydrogen) atoms. The lowest BCUT2D eigenvalue weighted by atomic mass is 10.0. The van der Waals surface area contributed by atoms with E-state index in [0.717, 1.165) is 6.20 Å². The van der Waals surface area contributed by atoms with Crippen molar-refractivity contribution in [1.82, 2.24) is 25.4 Å². The summed E-state index contributed by atoms with van der Waals surface area (Å²) in [7, 11) is 0. The normalized spacial score (nSPS) is 15.5. The van der Waals surface area contributed by atoms with E-state index in [1.165, 1.54) is 29.3 Å². The predicted molar refractivity (Wildman–Crippen MR) is 138 cm³/mol. The Balaban J connectivity index is 1.44. The number of nitrogens with one attached hydrogen (secondary N) is 2. The number of aryl methyl sites for hydroxylation is 1. The van der Waals surface area contributed by atoms with Crippen molar-refractivity contribution in [3.05, 3.63) is 94.2 Å². The van der Waals surface area contributed by atoms with E-state index in [0.29, 0.717) is 39.2 Å². The SMILES string of the molecule is Cc1cc(-n2cc(F)cn2)c2cccc(OCc3c(Cl)cc(F)cc3[C@H](C)NC(=O)C3=COC(C)N3)c2n1. The Morgan fingerprint density at radius 1 is 1.29 bits per heavy atom. The molecule has 0 radical (unpaired) electrons. The minimum atomic E-state index is -0.595. The highest BCUT2D eigenvalue weighted by Crippen LogP contribution is 2.32. The Bertz CT molecular complexity index is 1570.